The molecule has 0 saturated heterocycles. The van der Waals surface area contributed by atoms with Gasteiger partial charge in [-0.15, -0.1) is 0 Å². The van der Waals surface area contributed by atoms with E-state index in [0.717, 1.165) is 5.57 Å². The molecule has 2 aromatic rings. The Morgan fingerprint density at radius 2 is 2.29 bits per heavy atom. The molecule has 2 nitrogen and oxygen atoms in total. The summed E-state index contributed by atoms with van der Waals surface area (Å²) in [5, 5.41) is 0. The van der Waals surface area contributed by atoms with Crippen LogP contribution in [-0.2, 0) is 4.74 Å². The predicted molar refractivity (Wildman–Crippen MR) is 58.1 cm³/mol. The summed E-state index contributed by atoms with van der Waals surface area (Å²) in [7, 11) is 1.67. The van der Waals surface area contributed by atoms with Gasteiger partial charge in [0.25, 0.3) is 0 Å². The van der Waals surface area contributed by atoms with Crippen molar-refractivity contribution >= 4 is 11.1 Å². The van der Waals surface area contributed by atoms with E-state index >= 15 is 0 Å². The zero-order valence-electron chi connectivity index (χ0n) is 8.40. The highest BCUT2D eigenvalue weighted by molar-refractivity contribution is 5.68. The molecular weight excluding hydrogens is 174 g/mol. The Morgan fingerprint density at radius 3 is 3.00 bits per heavy atom. The van der Waals surface area contributed by atoms with Crippen LogP contribution in [0, 0.1) is 0 Å². The molecule has 0 amide bonds. The average molecular weight is 187 g/mol. The monoisotopic (exact) mass is 187 g/mol. The number of allylic oxidation sites excluding steroid dienone is 1. The van der Waals surface area contributed by atoms with Gasteiger partial charge in [0.15, 0.2) is 0 Å². The maximum Gasteiger partial charge on any atom is 0.0860 e. The number of aromatic nitrogens is 1. The fraction of sp³-hybridized carbons (Fsp3) is 0.167. The van der Waals surface area contributed by atoms with Gasteiger partial charge in [-0.1, -0.05) is 6.07 Å². The quantitative estimate of drug-likeness (QED) is 0.659. The molecule has 72 valence electrons. The van der Waals surface area contributed by atoms with Gasteiger partial charge in [0.2, 0.25) is 0 Å². The van der Waals surface area contributed by atoms with Gasteiger partial charge < -0.3 is 9.14 Å². The van der Waals surface area contributed by atoms with E-state index in [1.165, 1.54) is 11.1 Å². The van der Waals surface area contributed by atoms with Crippen LogP contribution in [0.25, 0.3) is 11.1 Å². The van der Waals surface area contributed by atoms with Crippen LogP contribution in [-0.4, -0.2) is 11.5 Å². The van der Waals surface area contributed by atoms with E-state index in [-0.39, 0.29) is 0 Å². The Hall–Kier alpha value is -1.70. The number of pyridine rings is 1. The molecule has 2 aromatic heterocycles. The molecule has 0 aromatic carbocycles. The van der Waals surface area contributed by atoms with Gasteiger partial charge in [0, 0.05) is 17.9 Å². The molecule has 0 atom stereocenters. The van der Waals surface area contributed by atoms with Crippen molar-refractivity contribution in [2.45, 2.75) is 6.92 Å². The van der Waals surface area contributed by atoms with Crippen LogP contribution in [0.5, 0.6) is 0 Å². The first-order valence-electron chi connectivity index (χ1n) is 4.58. The minimum atomic E-state index is 1.14. The Labute approximate surface area is 83.4 Å². The van der Waals surface area contributed by atoms with Gasteiger partial charge in [-0.2, -0.15) is 0 Å². The van der Waals surface area contributed by atoms with Crippen molar-refractivity contribution in [2.24, 2.45) is 0 Å². The van der Waals surface area contributed by atoms with Gasteiger partial charge in [0.05, 0.1) is 13.4 Å². The summed E-state index contributed by atoms with van der Waals surface area (Å²) in [4.78, 5) is 0. The third-order valence-corrected chi connectivity index (χ3v) is 2.25. The summed E-state index contributed by atoms with van der Waals surface area (Å²) >= 11 is 0. The first-order valence-corrected chi connectivity index (χ1v) is 4.58. The standard InChI is InChI=1S/C12H13NO/c1-10(9-14-2)11-7-12-5-3-4-6-13(12)8-11/h3-9H,1-2H3. The molecule has 14 heavy (non-hydrogen) atoms. The van der Waals surface area contributed by atoms with Crippen LogP contribution >= 0.6 is 0 Å². The van der Waals surface area contributed by atoms with Gasteiger partial charge in [-0.3, -0.25) is 0 Å². The minimum Gasteiger partial charge on any atom is -0.504 e. The van der Waals surface area contributed by atoms with Gasteiger partial charge >= 0.3 is 0 Å². The molecule has 0 fully saturated rings. The molecule has 0 spiro atoms. The van der Waals surface area contributed by atoms with Crippen molar-refractivity contribution in [1.29, 1.82) is 0 Å². The number of hydrogen-bond acceptors (Lipinski definition) is 1. The summed E-state index contributed by atoms with van der Waals surface area (Å²) in [5.74, 6) is 0. The maximum atomic E-state index is 4.98. The molecule has 0 unspecified atom stereocenters. The van der Waals surface area contributed by atoms with Crippen molar-refractivity contribution in [3.05, 3.63) is 48.5 Å². The zero-order chi connectivity index (χ0) is 9.97. The van der Waals surface area contributed by atoms with Crippen LogP contribution in [0.1, 0.15) is 12.5 Å². The smallest absolute Gasteiger partial charge is 0.0860 e. The molecular formula is C12H13NO. The lowest BCUT2D eigenvalue weighted by molar-refractivity contribution is 0.339. The van der Waals surface area contributed by atoms with Crippen LogP contribution in [0.3, 0.4) is 0 Å². The summed E-state index contributed by atoms with van der Waals surface area (Å²) < 4.78 is 7.08. The third kappa shape index (κ3) is 1.51. The number of hydrogen-bond donors (Lipinski definition) is 0. The van der Waals surface area contributed by atoms with Crippen LogP contribution in [0.2, 0.25) is 0 Å². The fourth-order valence-electron chi connectivity index (χ4n) is 1.52. The van der Waals surface area contributed by atoms with Crippen molar-refractivity contribution in [1.82, 2.24) is 4.40 Å². The van der Waals surface area contributed by atoms with E-state index < -0.39 is 0 Å². The highest BCUT2D eigenvalue weighted by atomic mass is 16.5. The first-order chi connectivity index (χ1) is 6.81. The SMILES string of the molecule is COC=C(C)c1cc2ccccn2c1. The number of rotatable bonds is 2. The maximum absolute atomic E-state index is 4.98. The highest BCUT2D eigenvalue weighted by Crippen LogP contribution is 2.17. The van der Waals surface area contributed by atoms with Crippen LogP contribution in [0.4, 0.5) is 0 Å². The molecule has 0 aliphatic carbocycles. The molecule has 0 N–H and O–H groups in total. The lowest BCUT2D eigenvalue weighted by atomic mass is 10.2. The summed E-state index contributed by atoms with van der Waals surface area (Å²) in [6, 6.07) is 8.29. The molecule has 0 aliphatic heterocycles. The largest absolute Gasteiger partial charge is 0.504 e. The van der Waals surface area contributed by atoms with E-state index in [9.17, 15) is 0 Å². The zero-order valence-corrected chi connectivity index (χ0v) is 8.40. The second-order valence-corrected chi connectivity index (χ2v) is 3.30. The topological polar surface area (TPSA) is 13.6 Å². The Bertz CT molecular complexity index is 435. The van der Waals surface area contributed by atoms with Crippen molar-refractivity contribution in [3.63, 3.8) is 0 Å². The molecule has 2 heteroatoms. The molecule has 0 aliphatic rings. The van der Waals surface area contributed by atoms with Gasteiger partial charge in [0.1, 0.15) is 0 Å². The van der Waals surface area contributed by atoms with E-state index in [1.807, 2.05) is 25.3 Å². The normalized spacial score (nSPS) is 12.0. The lowest BCUT2D eigenvalue weighted by Gasteiger charge is -1.94. The first kappa shape index (κ1) is 8.88. The number of methoxy groups -OCH3 is 1. The Balaban J connectivity index is 2.50. The van der Waals surface area contributed by atoms with E-state index in [0.29, 0.717) is 0 Å². The van der Waals surface area contributed by atoms with Crippen molar-refractivity contribution < 1.29 is 4.74 Å². The Morgan fingerprint density at radius 1 is 1.43 bits per heavy atom. The Kier molecular flexibility index (Phi) is 2.27. The van der Waals surface area contributed by atoms with Crippen molar-refractivity contribution in [3.8, 4) is 0 Å². The second-order valence-electron chi connectivity index (χ2n) is 3.30. The molecule has 0 saturated carbocycles. The van der Waals surface area contributed by atoms with E-state index in [2.05, 4.69) is 22.7 Å². The molecule has 2 rings (SSSR count). The second kappa shape index (κ2) is 3.58. The predicted octanol–water partition coefficient (Wildman–Crippen LogP) is 2.95. The summed E-state index contributed by atoms with van der Waals surface area (Å²) in [6.07, 6.45) is 5.90. The third-order valence-electron chi connectivity index (χ3n) is 2.25. The van der Waals surface area contributed by atoms with Gasteiger partial charge in [-0.05, 0) is 36.3 Å². The van der Waals surface area contributed by atoms with Gasteiger partial charge in [-0.25, -0.2) is 0 Å². The molecule has 0 radical (unpaired) electrons. The molecule has 2 heterocycles. The fourth-order valence-corrected chi connectivity index (χ4v) is 1.52. The number of nitrogens with zero attached hydrogens (tertiary/aromatic N) is 1. The number of fused-ring (bicyclic) bond motifs is 1. The minimum absolute atomic E-state index is 1.14. The summed E-state index contributed by atoms with van der Waals surface area (Å²) in [6.45, 7) is 2.04. The summed E-state index contributed by atoms with van der Waals surface area (Å²) in [5.41, 5.74) is 3.53. The average Bonchev–Trinajstić information content (AvgIpc) is 2.61. The highest BCUT2D eigenvalue weighted by Gasteiger charge is 2.00. The lowest BCUT2D eigenvalue weighted by Crippen LogP contribution is -1.78. The van der Waals surface area contributed by atoms with Crippen LogP contribution in [0.15, 0.2) is 42.9 Å². The number of ether oxygens (including phenoxy) is 1. The van der Waals surface area contributed by atoms with E-state index in [4.69, 9.17) is 4.74 Å². The molecule has 0 bridgehead atoms. The van der Waals surface area contributed by atoms with E-state index in [1.54, 1.807) is 13.4 Å². The van der Waals surface area contributed by atoms with Crippen molar-refractivity contribution in [2.75, 3.05) is 7.11 Å². The van der Waals surface area contributed by atoms with Crippen LogP contribution < -0.4 is 0 Å².